The zero-order valence-corrected chi connectivity index (χ0v) is 13.8. The normalized spacial score (nSPS) is 20.1. The molecule has 1 aromatic rings. The van der Waals surface area contributed by atoms with Crippen LogP contribution in [0.15, 0.2) is 22.7 Å². The Morgan fingerprint density at radius 1 is 1.38 bits per heavy atom. The zero-order chi connectivity index (χ0) is 15.6. The number of halogens is 4. The molecule has 1 saturated heterocycles. The Hall–Kier alpha value is -0.750. The van der Waals surface area contributed by atoms with E-state index in [1.807, 2.05) is 4.90 Å². The fourth-order valence-electron chi connectivity index (χ4n) is 2.71. The molecule has 21 heavy (non-hydrogen) atoms. The molecule has 0 saturated carbocycles. The summed E-state index contributed by atoms with van der Waals surface area (Å²) in [5, 5.41) is 3.43. The van der Waals surface area contributed by atoms with E-state index in [9.17, 15) is 13.2 Å². The van der Waals surface area contributed by atoms with Crippen LogP contribution >= 0.6 is 15.9 Å². The average Bonchev–Trinajstić information content (AvgIpc) is 2.37. The Kier molecular flexibility index (Phi) is 5.20. The van der Waals surface area contributed by atoms with Gasteiger partial charge >= 0.3 is 6.18 Å². The van der Waals surface area contributed by atoms with E-state index >= 15 is 0 Å². The molecule has 2 nitrogen and oxygen atoms in total. The van der Waals surface area contributed by atoms with Gasteiger partial charge in [0.2, 0.25) is 0 Å². The highest BCUT2D eigenvalue weighted by Gasteiger charge is 2.33. The van der Waals surface area contributed by atoms with Gasteiger partial charge in [-0.05, 0) is 30.5 Å². The standard InChI is InChI=1S/C15H20BrF3N2/c1-10(2)7-11-9-21(6-5-20-11)12-3-4-14(16)13(8-12)15(17,18)19/h3-4,8,10-11,20H,5-7,9H2,1-2H3. The summed E-state index contributed by atoms with van der Waals surface area (Å²) in [6.45, 7) is 6.59. The molecular formula is C15H20BrF3N2. The van der Waals surface area contributed by atoms with Gasteiger partial charge in [0, 0.05) is 35.8 Å². The van der Waals surface area contributed by atoms with Crippen LogP contribution < -0.4 is 10.2 Å². The first kappa shape index (κ1) is 16.6. The van der Waals surface area contributed by atoms with E-state index in [0.717, 1.165) is 26.1 Å². The minimum absolute atomic E-state index is 0.0904. The van der Waals surface area contributed by atoms with E-state index in [-0.39, 0.29) is 4.47 Å². The highest BCUT2D eigenvalue weighted by atomic mass is 79.9. The van der Waals surface area contributed by atoms with Crippen LogP contribution in [0.5, 0.6) is 0 Å². The number of hydrogen-bond donors (Lipinski definition) is 1. The van der Waals surface area contributed by atoms with Gasteiger partial charge in [-0.15, -0.1) is 0 Å². The van der Waals surface area contributed by atoms with Crippen molar-refractivity contribution in [2.45, 2.75) is 32.5 Å². The van der Waals surface area contributed by atoms with Crippen molar-refractivity contribution in [3.05, 3.63) is 28.2 Å². The molecule has 1 aliphatic rings. The SMILES string of the molecule is CC(C)CC1CN(c2ccc(Br)c(C(F)(F)F)c2)CCN1. The summed E-state index contributed by atoms with van der Waals surface area (Å²) < 4.78 is 39.0. The lowest BCUT2D eigenvalue weighted by molar-refractivity contribution is -0.138. The minimum Gasteiger partial charge on any atom is -0.369 e. The molecule has 2 rings (SSSR count). The number of rotatable bonds is 3. The number of hydrogen-bond acceptors (Lipinski definition) is 2. The first-order valence-electron chi connectivity index (χ1n) is 7.12. The number of nitrogens with one attached hydrogen (secondary N) is 1. The lowest BCUT2D eigenvalue weighted by Gasteiger charge is -2.36. The largest absolute Gasteiger partial charge is 0.417 e. The molecule has 1 unspecified atom stereocenters. The van der Waals surface area contributed by atoms with Crippen molar-refractivity contribution in [1.82, 2.24) is 5.32 Å². The van der Waals surface area contributed by atoms with Crippen LogP contribution in [0.2, 0.25) is 0 Å². The molecule has 0 aliphatic carbocycles. The molecular weight excluding hydrogens is 345 g/mol. The van der Waals surface area contributed by atoms with Crippen LogP contribution in [0.3, 0.4) is 0 Å². The average molecular weight is 365 g/mol. The molecule has 0 spiro atoms. The summed E-state index contributed by atoms with van der Waals surface area (Å²) in [5.74, 6) is 0.568. The van der Waals surface area contributed by atoms with E-state index in [0.29, 0.717) is 17.6 Å². The third-order valence-electron chi connectivity index (χ3n) is 3.63. The van der Waals surface area contributed by atoms with E-state index in [2.05, 4.69) is 35.1 Å². The molecule has 1 aromatic carbocycles. The maximum atomic E-state index is 13.0. The van der Waals surface area contributed by atoms with Crippen LogP contribution in [-0.4, -0.2) is 25.7 Å². The van der Waals surface area contributed by atoms with Gasteiger partial charge in [-0.25, -0.2) is 0 Å². The Labute approximate surface area is 131 Å². The maximum Gasteiger partial charge on any atom is 0.417 e. The van der Waals surface area contributed by atoms with E-state index in [1.54, 1.807) is 6.07 Å². The van der Waals surface area contributed by atoms with Crippen molar-refractivity contribution in [2.24, 2.45) is 5.92 Å². The summed E-state index contributed by atoms with van der Waals surface area (Å²) in [6, 6.07) is 4.80. The summed E-state index contributed by atoms with van der Waals surface area (Å²) in [6.07, 6.45) is -3.31. The quantitative estimate of drug-likeness (QED) is 0.860. The van der Waals surface area contributed by atoms with Crippen LogP contribution in [0, 0.1) is 5.92 Å². The second kappa shape index (κ2) is 6.57. The smallest absolute Gasteiger partial charge is 0.369 e. The molecule has 0 radical (unpaired) electrons. The fraction of sp³-hybridized carbons (Fsp3) is 0.600. The summed E-state index contributed by atoms with van der Waals surface area (Å²) in [7, 11) is 0. The van der Waals surface area contributed by atoms with Crippen molar-refractivity contribution < 1.29 is 13.2 Å². The van der Waals surface area contributed by atoms with Gasteiger partial charge in [0.1, 0.15) is 0 Å². The van der Waals surface area contributed by atoms with Gasteiger partial charge in [-0.2, -0.15) is 13.2 Å². The van der Waals surface area contributed by atoms with Crippen LogP contribution in [0.1, 0.15) is 25.8 Å². The Balaban J connectivity index is 2.18. The summed E-state index contributed by atoms with van der Waals surface area (Å²) in [4.78, 5) is 2.03. The molecule has 118 valence electrons. The second-order valence-corrected chi connectivity index (χ2v) is 6.74. The number of nitrogens with zero attached hydrogens (tertiary/aromatic N) is 1. The molecule has 0 bridgehead atoms. The van der Waals surface area contributed by atoms with Crippen LogP contribution in [-0.2, 0) is 6.18 Å². The zero-order valence-electron chi connectivity index (χ0n) is 12.2. The van der Waals surface area contributed by atoms with Crippen molar-refractivity contribution in [3.63, 3.8) is 0 Å². The topological polar surface area (TPSA) is 15.3 Å². The fourth-order valence-corrected chi connectivity index (χ4v) is 3.19. The van der Waals surface area contributed by atoms with Gasteiger partial charge in [0.15, 0.2) is 0 Å². The van der Waals surface area contributed by atoms with Gasteiger partial charge in [-0.3, -0.25) is 0 Å². The Morgan fingerprint density at radius 2 is 2.10 bits per heavy atom. The first-order chi connectivity index (χ1) is 9.77. The lowest BCUT2D eigenvalue weighted by atomic mass is 10.0. The maximum absolute atomic E-state index is 13.0. The number of anilines is 1. The van der Waals surface area contributed by atoms with E-state index in [1.165, 1.54) is 12.1 Å². The molecule has 0 aromatic heterocycles. The van der Waals surface area contributed by atoms with Crippen LogP contribution in [0.25, 0.3) is 0 Å². The van der Waals surface area contributed by atoms with Gasteiger partial charge in [0.05, 0.1) is 5.56 Å². The minimum atomic E-state index is -4.33. The number of alkyl halides is 3. The molecule has 1 N–H and O–H groups in total. The van der Waals surface area contributed by atoms with E-state index < -0.39 is 11.7 Å². The van der Waals surface area contributed by atoms with Crippen LogP contribution in [0.4, 0.5) is 18.9 Å². The highest BCUT2D eigenvalue weighted by molar-refractivity contribution is 9.10. The molecule has 1 atom stereocenters. The third-order valence-corrected chi connectivity index (χ3v) is 4.32. The molecule has 6 heteroatoms. The van der Waals surface area contributed by atoms with Crippen molar-refractivity contribution in [1.29, 1.82) is 0 Å². The van der Waals surface area contributed by atoms with Crippen molar-refractivity contribution in [2.75, 3.05) is 24.5 Å². The van der Waals surface area contributed by atoms with Gasteiger partial charge < -0.3 is 10.2 Å². The summed E-state index contributed by atoms with van der Waals surface area (Å²) in [5.41, 5.74) is 0.0275. The lowest BCUT2D eigenvalue weighted by Crippen LogP contribution is -2.51. The summed E-state index contributed by atoms with van der Waals surface area (Å²) >= 11 is 2.98. The Morgan fingerprint density at radius 3 is 2.71 bits per heavy atom. The first-order valence-corrected chi connectivity index (χ1v) is 7.91. The second-order valence-electron chi connectivity index (χ2n) is 5.89. The molecule has 1 heterocycles. The van der Waals surface area contributed by atoms with Gasteiger partial charge in [0.25, 0.3) is 0 Å². The molecule has 1 fully saturated rings. The van der Waals surface area contributed by atoms with Crippen molar-refractivity contribution >= 4 is 21.6 Å². The predicted octanol–water partition coefficient (Wildman–Crippen LogP) is 4.29. The van der Waals surface area contributed by atoms with E-state index in [4.69, 9.17) is 0 Å². The number of piperazine rings is 1. The highest BCUT2D eigenvalue weighted by Crippen LogP contribution is 2.37. The third kappa shape index (κ3) is 4.36. The monoisotopic (exact) mass is 364 g/mol. The van der Waals surface area contributed by atoms with Gasteiger partial charge in [-0.1, -0.05) is 29.8 Å². The predicted molar refractivity (Wildman–Crippen MR) is 82.6 cm³/mol. The van der Waals surface area contributed by atoms with Crippen molar-refractivity contribution in [3.8, 4) is 0 Å². The Bertz CT molecular complexity index is 488. The molecule has 0 amide bonds. The number of benzene rings is 1. The molecule has 1 aliphatic heterocycles.